The van der Waals surface area contributed by atoms with E-state index in [9.17, 15) is 0 Å². The molecular formula is C21H20ClN5O2. The fourth-order valence-electron chi connectivity index (χ4n) is 3.08. The van der Waals surface area contributed by atoms with Gasteiger partial charge in [0.25, 0.3) is 5.78 Å². The minimum atomic E-state index is 0.469. The fraction of sp³-hybridized carbons (Fsp3) is 0.190. The second-order valence-corrected chi connectivity index (χ2v) is 7.02. The van der Waals surface area contributed by atoms with E-state index in [1.54, 1.807) is 30.9 Å². The molecule has 2 aromatic heterocycles. The molecule has 0 aliphatic heterocycles. The Bertz CT molecular complexity index is 1210. The van der Waals surface area contributed by atoms with Crippen LogP contribution < -0.4 is 14.8 Å². The van der Waals surface area contributed by atoms with Crippen LogP contribution in [0.2, 0.25) is 5.02 Å². The normalized spacial score (nSPS) is 10.9. The third kappa shape index (κ3) is 3.69. The maximum Gasteiger partial charge on any atom is 0.254 e. The molecule has 0 unspecified atom stereocenters. The monoisotopic (exact) mass is 409 g/mol. The fourth-order valence-corrected chi connectivity index (χ4v) is 3.32. The Morgan fingerprint density at radius 3 is 2.48 bits per heavy atom. The van der Waals surface area contributed by atoms with Crippen LogP contribution in [0.3, 0.4) is 0 Å². The van der Waals surface area contributed by atoms with E-state index in [1.807, 2.05) is 44.2 Å². The van der Waals surface area contributed by atoms with Gasteiger partial charge in [0, 0.05) is 23.4 Å². The lowest BCUT2D eigenvalue weighted by atomic mass is 10.1. The number of benzene rings is 2. The maximum absolute atomic E-state index is 6.31. The van der Waals surface area contributed by atoms with E-state index in [0.29, 0.717) is 39.6 Å². The number of rotatable bonds is 5. The molecule has 29 heavy (non-hydrogen) atoms. The van der Waals surface area contributed by atoms with Gasteiger partial charge >= 0.3 is 0 Å². The molecule has 7 nitrogen and oxygen atoms in total. The van der Waals surface area contributed by atoms with Crippen LogP contribution in [0.25, 0.3) is 17.2 Å². The highest BCUT2D eigenvalue weighted by molar-refractivity contribution is 6.32. The van der Waals surface area contributed by atoms with Crippen molar-refractivity contribution in [2.75, 3.05) is 19.5 Å². The Labute approximate surface area is 173 Å². The van der Waals surface area contributed by atoms with Crippen molar-refractivity contribution >= 4 is 28.9 Å². The Morgan fingerprint density at radius 1 is 0.966 bits per heavy atom. The molecule has 0 saturated heterocycles. The Kier molecular flexibility index (Phi) is 4.98. The van der Waals surface area contributed by atoms with E-state index in [1.165, 1.54) is 0 Å². The van der Waals surface area contributed by atoms with E-state index < -0.39 is 0 Å². The highest BCUT2D eigenvalue weighted by Crippen LogP contribution is 2.37. The number of aromatic nitrogens is 4. The molecule has 0 spiro atoms. The number of nitrogens with zero attached hydrogens (tertiary/aromatic N) is 4. The lowest BCUT2D eigenvalue weighted by Gasteiger charge is -2.14. The van der Waals surface area contributed by atoms with Gasteiger partial charge in [-0.25, -0.2) is 4.98 Å². The summed E-state index contributed by atoms with van der Waals surface area (Å²) in [5.41, 5.74) is 3.56. The number of ether oxygens (including phenoxy) is 2. The Morgan fingerprint density at radius 2 is 1.76 bits per heavy atom. The van der Waals surface area contributed by atoms with Crippen molar-refractivity contribution in [3.8, 4) is 22.9 Å². The van der Waals surface area contributed by atoms with Crippen molar-refractivity contribution in [1.82, 2.24) is 19.6 Å². The molecule has 0 radical (unpaired) electrons. The molecule has 0 atom stereocenters. The van der Waals surface area contributed by atoms with Crippen molar-refractivity contribution in [2.24, 2.45) is 0 Å². The van der Waals surface area contributed by atoms with Crippen LogP contribution in [0.4, 0.5) is 11.5 Å². The summed E-state index contributed by atoms with van der Waals surface area (Å²) in [7, 11) is 3.15. The number of fused-ring (bicyclic) bond motifs is 1. The molecule has 8 heteroatoms. The van der Waals surface area contributed by atoms with E-state index in [2.05, 4.69) is 20.4 Å². The first-order chi connectivity index (χ1) is 14.0. The molecule has 148 valence electrons. The van der Waals surface area contributed by atoms with Gasteiger partial charge in [-0.2, -0.15) is 9.50 Å². The van der Waals surface area contributed by atoms with Crippen LogP contribution in [0, 0.1) is 13.8 Å². The molecule has 0 amide bonds. The molecule has 4 aromatic rings. The molecule has 4 rings (SSSR count). The van der Waals surface area contributed by atoms with E-state index in [0.717, 1.165) is 16.8 Å². The van der Waals surface area contributed by atoms with Crippen LogP contribution in [0.1, 0.15) is 11.3 Å². The summed E-state index contributed by atoms with van der Waals surface area (Å²) in [5.74, 6) is 2.93. The number of hydrogen-bond donors (Lipinski definition) is 1. The minimum absolute atomic E-state index is 0.469. The van der Waals surface area contributed by atoms with E-state index in [4.69, 9.17) is 21.1 Å². The van der Waals surface area contributed by atoms with Gasteiger partial charge < -0.3 is 14.8 Å². The lowest BCUT2D eigenvalue weighted by molar-refractivity contribution is 0.396. The van der Waals surface area contributed by atoms with Gasteiger partial charge in [-0.15, -0.1) is 5.10 Å². The minimum Gasteiger partial charge on any atom is -0.495 e. The van der Waals surface area contributed by atoms with Crippen LogP contribution in [0.5, 0.6) is 11.5 Å². The largest absolute Gasteiger partial charge is 0.495 e. The van der Waals surface area contributed by atoms with Gasteiger partial charge in [0.2, 0.25) is 0 Å². The third-order valence-corrected chi connectivity index (χ3v) is 4.75. The molecule has 0 saturated carbocycles. The molecule has 0 bridgehead atoms. The highest BCUT2D eigenvalue weighted by atomic mass is 35.5. The Hall–Kier alpha value is -3.32. The number of nitrogens with one attached hydrogen (secondary N) is 1. The second-order valence-electron chi connectivity index (χ2n) is 6.61. The third-order valence-electron chi connectivity index (χ3n) is 4.45. The highest BCUT2D eigenvalue weighted by Gasteiger charge is 2.15. The lowest BCUT2D eigenvalue weighted by Crippen LogP contribution is -2.04. The topological polar surface area (TPSA) is 73.6 Å². The molecule has 1 N–H and O–H groups in total. The van der Waals surface area contributed by atoms with Crippen molar-refractivity contribution in [3.05, 3.63) is 58.7 Å². The average molecular weight is 410 g/mol. The first kappa shape index (κ1) is 19.0. The van der Waals surface area contributed by atoms with Crippen molar-refractivity contribution in [2.45, 2.75) is 13.8 Å². The van der Waals surface area contributed by atoms with Gasteiger partial charge in [-0.05, 0) is 26.0 Å². The first-order valence-corrected chi connectivity index (χ1v) is 9.36. The quantitative estimate of drug-likeness (QED) is 0.509. The maximum atomic E-state index is 6.31. The summed E-state index contributed by atoms with van der Waals surface area (Å²) in [4.78, 5) is 9.10. The number of anilines is 2. The van der Waals surface area contributed by atoms with Crippen LogP contribution >= 0.6 is 11.6 Å². The zero-order valence-corrected chi connectivity index (χ0v) is 17.3. The summed E-state index contributed by atoms with van der Waals surface area (Å²) >= 11 is 6.31. The summed E-state index contributed by atoms with van der Waals surface area (Å²) in [6.07, 6.45) is 0. The number of methoxy groups -OCH3 is 2. The predicted molar refractivity (Wildman–Crippen MR) is 114 cm³/mol. The van der Waals surface area contributed by atoms with Crippen LogP contribution in [-0.2, 0) is 0 Å². The van der Waals surface area contributed by atoms with Gasteiger partial charge in [0.05, 0.1) is 24.9 Å². The van der Waals surface area contributed by atoms with Crippen molar-refractivity contribution in [1.29, 1.82) is 0 Å². The molecule has 2 aromatic carbocycles. The van der Waals surface area contributed by atoms with Crippen molar-refractivity contribution < 1.29 is 9.47 Å². The summed E-state index contributed by atoms with van der Waals surface area (Å²) in [5, 5.41) is 8.46. The van der Waals surface area contributed by atoms with E-state index >= 15 is 0 Å². The SMILES string of the molecule is COc1cc(OC)c(Nc2cc(C)nc3nc(-c4cccc(C)c4)nn23)cc1Cl. The second kappa shape index (κ2) is 7.60. The average Bonchev–Trinajstić information content (AvgIpc) is 3.12. The van der Waals surface area contributed by atoms with Gasteiger partial charge in [0.1, 0.15) is 17.3 Å². The summed E-state index contributed by atoms with van der Waals surface area (Å²) < 4.78 is 12.4. The molecular weight excluding hydrogens is 390 g/mol. The van der Waals surface area contributed by atoms with Crippen LogP contribution in [-0.4, -0.2) is 33.8 Å². The first-order valence-electron chi connectivity index (χ1n) is 8.98. The van der Waals surface area contributed by atoms with E-state index in [-0.39, 0.29) is 0 Å². The smallest absolute Gasteiger partial charge is 0.254 e. The molecule has 0 fully saturated rings. The van der Waals surface area contributed by atoms with Crippen LogP contribution in [0.15, 0.2) is 42.5 Å². The van der Waals surface area contributed by atoms with Gasteiger partial charge in [-0.1, -0.05) is 35.4 Å². The number of aryl methyl sites for hydroxylation is 2. The Balaban J connectivity index is 1.81. The molecule has 0 aliphatic rings. The number of hydrogen-bond acceptors (Lipinski definition) is 6. The van der Waals surface area contributed by atoms with Crippen molar-refractivity contribution in [3.63, 3.8) is 0 Å². The van der Waals surface area contributed by atoms with Gasteiger partial charge in [0.15, 0.2) is 5.82 Å². The zero-order chi connectivity index (χ0) is 20.5. The zero-order valence-electron chi connectivity index (χ0n) is 16.5. The molecule has 2 heterocycles. The predicted octanol–water partition coefficient (Wildman–Crippen LogP) is 4.82. The van der Waals surface area contributed by atoms with Gasteiger partial charge in [-0.3, -0.25) is 0 Å². The molecule has 0 aliphatic carbocycles. The number of halogens is 1. The summed E-state index contributed by atoms with van der Waals surface area (Å²) in [6.45, 7) is 3.94. The standard InChI is InChI=1S/C21H20ClN5O2/c1-12-6-5-7-14(8-12)20-25-21-23-13(2)9-19(27(21)26-20)24-16-10-15(22)17(28-3)11-18(16)29-4/h5-11,24H,1-4H3. The summed E-state index contributed by atoms with van der Waals surface area (Å²) in [6, 6.07) is 13.4.